The minimum absolute atomic E-state index is 0.0262. The number of unbranched alkanes of at least 4 members (excludes halogenated alkanes) is 1. The third kappa shape index (κ3) is 5.73. The number of benzene rings is 1. The smallest absolute Gasteiger partial charge is 0.330 e. The zero-order chi connectivity index (χ0) is 21.4. The lowest BCUT2D eigenvalue weighted by Gasteiger charge is -2.23. The fourth-order valence-electron chi connectivity index (χ4n) is 3.02. The van der Waals surface area contributed by atoms with E-state index in [9.17, 15) is 14.4 Å². The number of carbonyl (C=O) groups excluding carboxylic acids is 1. The number of nitrogens with one attached hydrogen (secondary N) is 1. The van der Waals surface area contributed by atoms with Crippen molar-refractivity contribution in [1.29, 1.82) is 0 Å². The minimum Gasteiger partial charge on any atom is -0.494 e. The molecule has 0 spiro atoms. The molecular weight excluding hydrogens is 372 g/mol. The number of aromatic nitrogens is 2. The third-order valence-corrected chi connectivity index (χ3v) is 4.66. The summed E-state index contributed by atoms with van der Waals surface area (Å²) in [5.41, 5.74) is 6.09. The number of aryl methyl sites for hydroxylation is 1. The zero-order valence-electron chi connectivity index (χ0n) is 17.4. The van der Waals surface area contributed by atoms with Gasteiger partial charge in [0.25, 0.3) is 5.56 Å². The first-order chi connectivity index (χ1) is 13.9. The lowest BCUT2D eigenvalue weighted by atomic mass is 10.2. The van der Waals surface area contributed by atoms with Crippen molar-refractivity contribution in [3.8, 4) is 5.75 Å². The van der Waals surface area contributed by atoms with E-state index in [2.05, 4.69) is 4.98 Å². The Hall–Kier alpha value is -3.03. The Morgan fingerprint density at radius 3 is 2.48 bits per heavy atom. The summed E-state index contributed by atoms with van der Waals surface area (Å²) in [6.45, 7) is 6.81. The number of hydrogen-bond donors (Lipinski definition) is 2. The molecule has 0 saturated heterocycles. The van der Waals surface area contributed by atoms with Crippen LogP contribution < -0.4 is 26.6 Å². The van der Waals surface area contributed by atoms with Crippen molar-refractivity contribution >= 4 is 17.4 Å². The van der Waals surface area contributed by atoms with Crippen LogP contribution in [0.15, 0.2) is 33.9 Å². The van der Waals surface area contributed by atoms with E-state index in [1.807, 2.05) is 38.1 Å². The Kier molecular flexibility index (Phi) is 8.06. The molecule has 0 aliphatic carbocycles. The van der Waals surface area contributed by atoms with Crippen molar-refractivity contribution in [3.05, 3.63) is 50.7 Å². The minimum atomic E-state index is -0.647. The van der Waals surface area contributed by atoms with E-state index in [1.165, 1.54) is 9.47 Å². The summed E-state index contributed by atoms with van der Waals surface area (Å²) in [6.07, 6.45) is 2.31. The molecule has 1 heterocycles. The fourth-order valence-corrected chi connectivity index (χ4v) is 3.02. The van der Waals surface area contributed by atoms with Gasteiger partial charge in [0.05, 0.1) is 6.61 Å². The van der Waals surface area contributed by atoms with Crippen LogP contribution in [0.2, 0.25) is 0 Å². The number of anilines is 2. The topological polar surface area (TPSA) is 110 Å². The monoisotopic (exact) mass is 402 g/mol. The number of nitrogen functional groups attached to an aromatic ring is 1. The number of ether oxygens (including phenoxy) is 1. The van der Waals surface area contributed by atoms with Crippen LogP contribution in [0.25, 0.3) is 0 Å². The highest BCUT2D eigenvalue weighted by Gasteiger charge is 2.22. The summed E-state index contributed by atoms with van der Waals surface area (Å²) in [5, 5.41) is 0. The van der Waals surface area contributed by atoms with E-state index in [4.69, 9.17) is 10.5 Å². The molecule has 0 aliphatic heterocycles. The summed E-state index contributed by atoms with van der Waals surface area (Å²) < 4.78 is 6.96. The van der Waals surface area contributed by atoms with Crippen molar-refractivity contribution < 1.29 is 9.53 Å². The van der Waals surface area contributed by atoms with Gasteiger partial charge in [0, 0.05) is 19.5 Å². The second-order valence-corrected chi connectivity index (χ2v) is 6.90. The van der Waals surface area contributed by atoms with Crippen LogP contribution in [0.4, 0.5) is 11.5 Å². The molecule has 0 saturated carbocycles. The van der Waals surface area contributed by atoms with Gasteiger partial charge in [0.2, 0.25) is 5.91 Å². The van der Waals surface area contributed by atoms with Crippen LogP contribution in [0.1, 0.15) is 45.1 Å². The fraction of sp³-hybridized carbons (Fsp3) is 0.476. The molecule has 0 aliphatic rings. The van der Waals surface area contributed by atoms with Crippen molar-refractivity contribution in [2.45, 2.75) is 53.0 Å². The van der Waals surface area contributed by atoms with Crippen LogP contribution >= 0.6 is 0 Å². The predicted octanol–water partition coefficient (Wildman–Crippen LogP) is 2.44. The molecule has 0 fully saturated rings. The van der Waals surface area contributed by atoms with Gasteiger partial charge in [0.1, 0.15) is 11.6 Å². The summed E-state index contributed by atoms with van der Waals surface area (Å²) >= 11 is 0. The number of H-pyrrole nitrogens is 1. The maximum atomic E-state index is 12.7. The SMILES string of the molecule is CCCCn1c(N)c(N(CC)C(=O)CCCOc2ccc(C)cc2)c(=O)[nH]c1=O. The van der Waals surface area contributed by atoms with E-state index in [-0.39, 0.29) is 30.4 Å². The van der Waals surface area contributed by atoms with Crippen LogP contribution in [-0.2, 0) is 11.3 Å². The van der Waals surface area contributed by atoms with Crippen molar-refractivity contribution in [2.75, 3.05) is 23.8 Å². The van der Waals surface area contributed by atoms with Gasteiger partial charge >= 0.3 is 5.69 Å². The standard InChI is InChI=1S/C21H30N4O4/c1-4-6-13-25-19(22)18(20(27)23-21(25)28)24(5-2)17(26)8-7-14-29-16-11-9-15(3)10-12-16/h9-12H,4-8,13-14,22H2,1-3H3,(H,23,27,28). The van der Waals surface area contributed by atoms with E-state index < -0.39 is 11.2 Å². The van der Waals surface area contributed by atoms with Crippen molar-refractivity contribution in [1.82, 2.24) is 9.55 Å². The number of aromatic amines is 1. The van der Waals surface area contributed by atoms with Gasteiger partial charge in [-0.3, -0.25) is 19.1 Å². The first-order valence-electron chi connectivity index (χ1n) is 10.0. The average Bonchev–Trinajstić information content (AvgIpc) is 2.69. The molecule has 8 heteroatoms. The van der Waals surface area contributed by atoms with E-state index >= 15 is 0 Å². The molecule has 0 unspecified atom stereocenters. The molecule has 8 nitrogen and oxygen atoms in total. The molecule has 3 N–H and O–H groups in total. The molecule has 0 radical (unpaired) electrons. The normalized spacial score (nSPS) is 10.7. The number of hydrogen-bond acceptors (Lipinski definition) is 5. The molecule has 29 heavy (non-hydrogen) atoms. The highest BCUT2D eigenvalue weighted by Crippen LogP contribution is 2.18. The first-order valence-corrected chi connectivity index (χ1v) is 10.0. The molecule has 2 rings (SSSR count). The first kappa shape index (κ1) is 22.3. The summed E-state index contributed by atoms with van der Waals surface area (Å²) in [4.78, 5) is 40.8. The number of rotatable bonds is 10. The lowest BCUT2D eigenvalue weighted by Crippen LogP contribution is -2.41. The molecule has 1 aromatic carbocycles. The van der Waals surface area contributed by atoms with Gasteiger partial charge in [-0.05, 0) is 38.8 Å². The Morgan fingerprint density at radius 2 is 1.86 bits per heavy atom. The average molecular weight is 402 g/mol. The van der Waals surface area contributed by atoms with E-state index in [1.54, 1.807) is 6.92 Å². The van der Waals surface area contributed by atoms with Gasteiger partial charge in [-0.15, -0.1) is 0 Å². The second-order valence-electron chi connectivity index (χ2n) is 6.90. The van der Waals surface area contributed by atoms with Gasteiger partial charge in [-0.2, -0.15) is 0 Å². The van der Waals surface area contributed by atoms with Gasteiger partial charge in [-0.1, -0.05) is 31.0 Å². The molecular formula is C21H30N4O4. The maximum absolute atomic E-state index is 12.7. The molecule has 0 bridgehead atoms. The number of carbonyl (C=O) groups is 1. The van der Waals surface area contributed by atoms with E-state index in [0.717, 1.165) is 24.2 Å². The van der Waals surface area contributed by atoms with E-state index in [0.29, 0.717) is 19.6 Å². The molecule has 0 atom stereocenters. The van der Waals surface area contributed by atoms with Crippen molar-refractivity contribution in [2.24, 2.45) is 0 Å². The summed E-state index contributed by atoms with van der Waals surface area (Å²) in [7, 11) is 0. The predicted molar refractivity (Wildman–Crippen MR) is 115 cm³/mol. The zero-order valence-corrected chi connectivity index (χ0v) is 17.4. The van der Waals surface area contributed by atoms with Crippen LogP contribution in [0.3, 0.4) is 0 Å². The largest absolute Gasteiger partial charge is 0.494 e. The van der Waals surface area contributed by atoms with Gasteiger partial charge < -0.3 is 15.4 Å². The Morgan fingerprint density at radius 1 is 1.17 bits per heavy atom. The third-order valence-electron chi connectivity index (χ3n) is 4.66. The lowest BCUT2D eigenvalue weighted by molar-refractivity contribution is -0.118. The number of amides is 1. The van der Waals surface area contributed by atoms with Gasteiger partial charge in [0.15, 0.2) is 5.69 Å². The Labute approximate surface area is 170 Å². The number of nitrogens with two attached hydrogens (primary N) is 1. The summed E-state index contributed by atoms with van der Waals surface area (Å²) in [6, 6.07) is 7.69. The Bertz CT molecular complexity index is 931. The quantitative estimate of drug-likeness (QED) is 0.593. The molecule has 158 valence electrons. The van der Waals surface area contributed by atoms with Crippen LogP contribution in [0.5, 0.6) is 5.75 Å². The van der Waals surface area contributed by atoms with Crippen LogP contribution in [-0.4, -0.2) is 28.6 Å². The van der Waals surface area contributed by atoms with Crippen molar-refractivity contribution in [3.63, 3.8) is 0 Å². The molecule has 1 amide bonds. The molecule has 2 aromatic rings. The second kappa shape index (κ2) is 10.5. The highest BCUT2D eigenvalue weighted by atomic mass is 16.5. The highest BCUT2D eigenvalue weighted by molar-refractivity contribution is 5.95. The van der Waals surface area contributed by atoms with Crippen LogP contribution in [0, 0.1) is 6.92 Å². The Balaban J connectivity index is 2.07. The number of nitrogens with zero attached hydrogens (tertiary/aromatic N) is 2. The molecule has 1 aromatic heterocycles. The summed E-state index contributed by atoms with van der Waals surface area (Å²) in [5.74, 6) is 0.537. The maximum Gasteiger partial charge on any atom is 0.330 e. The van der Waals surface area contributed by atoms with Gasteiger partial charge in [-0.25, -0.2) is 4.79 Å².